The quantitative estimate of drug-likeness (QED) is 0.876. The van der Waals surface area contributed by atoms with Crippen molar-refractivity contribution >= 4 is 5.91 Å². The van der Waals surface area contributed by atoms with E-state index in [2.05, 4.69) is 12.2 Å². The van der Waals surface area contributed by atoms with Crippen LogP contribution in [0, 0.1) is 5.82 Å². The first-order valence-electron chi connectivity index (χ1n) is 7.47. The van der Waals surface area contributed by atoms with E-state index in [4.69, 9.17) is 4.74 Å². The van der Waals surface area contributed by atoms with Gasteiger partial charge in [0.2, 0.25) is 0 Å². The van der Waals surface area contributed by atoms with Crippen molar-refractivity contribution in [1.29, 1.82) is 0 Å². The number of rotatable bonds is 6. The van der Waals surface area contributed by atoms with Crippen molar-refractivity contribution in [3.63, 3.8) is 0 Å². The number of nitrogens with zero attached hydrogens (tertiary/aromatic N) is 1. The zero-order valence-corrected chi connectivity index (χ0v) is 12.9. The monoisotopic (exact) mass is 294 g/mol. The molecule has 1 saturated heterocycles. The molecular formula is C16H23FN2O2. The molecule has 1 fully saturated rings. The lowest BCUT2D eigenvalue weighted by atomic mass is 10.1. The molecule has 0 aliphatic carbocycles. The Morgan fingerprint density at radius 3 is 2.90 bits per heavy atom. The summed E-state index contributed by atoms with van der Waals surface area (Å²) in [5.41, 5.74) is 0.755. The van der Waals surface area contributed by atoms with Crippen molar-refractivity contribution in [2.24, 2.45) is 0 Å². The van der Waals surface area contributed by atoms with Gasteiger partial charge in [0.05, 0.1) is 0 Å². The molecule has 4 nitrogen and oxygen atoms in total. The Kier molecular flexibility index (Phi) is 5.17. The average Bonchev–Trinajstić information content (AvgIpc) is 2.78. The predicted octanol–water partition coefficient (Wildman–Crippen LogP) is 2.50. The molecule has 0 aromatic heterocycles. The molecule has 21 heavy (non-hydrogen) atoms. The third-order valence-corrected chi connectivity index (χ3v) is 3.79. The van der Waals surface area contributed by atoms with Gasteiger partial charge in [-0.2, -0.15) is 0 Å². The Balaban J connectivity index is 2.16. The molecule has 1 heterocycles. The normalized spacial score (nSPS) is 19.9. The third kappa shape index (κ3) is 3.73. The summed E-state index contributed by atoms with van der Waals surface area (Å²) in [6.45, 7) is 5.60. The van der Waals surface area contributed by atoms with Gasteiger partial charge in [0.15, 0.2) is 6.10 Å². The van der Waals surface area contributed by atoms with Gasteiger partial charge in [0.1, 0.15) is 11.6 Å². The lowest BCUT2D eigenvalue weighted by Gasteiger charge is -2.20. The molecule has 0 spiro atoms. The summed E-state index contributed by atoms with van der Waals surface area (Å²) in [5, 5.41) is 3.32. The first kappa shape index (κ1) is 15.8. The number of nitrogens with one attached hydrogen (secondary N) is 1. The summed E-state index contributed by atoms with van der Waals surface area (Å²) in [5.74, 6) is 0.276. The van der Waals surface area contributed by atoms with Crippen LogP contribution in [0.1, 0.15) is 38.3 Å². The minimum absolute atomic E-state index is 0.0144. The van der Waals surface area contributed by atoms with Crippen LogP contribution in [-0.4, -0.2) is 37.0 Å². The van der Waals surface area contributed by atoms with Crippen LogP contribution >= 0.6 is 0 Å². The van der Waals surface area contributed by atoms with Gasteiger partial charge in [-0.25, -0.2) is 4.39 Å². The number of hydrogen-bond acceptors (Lipinski definition) is 3. The second kappa shape index (κ2) is 6.89. The van der Waals surface area contributed by atoms with Gasteiger partial charge in [-0.05, 0) is 38.1 Å². The first-order chi connectivity index (χ1) is 10.0. The Labute approximate surface area is 125 Å². The molecule has 2 atom stereocenters. The molecule has 116 valence electrons. The number of hydrogen-bond donors (Lipinski definition) is 1. The van der Waals surface area contributed by atoms with Crippen LogP contribution in [0.15, 0.2) is 18.2 Å². The molecule has 2 rings (SSSR count). The molecular weight excluding hydrogens is 271 g/mol. The Bertz CT molecular complexity index is 507. The summed E-state index contributed by atoms with van der Waals surface area (Å²) in [7, 11) is 1.77. The molecule has 0 saturated carbocycles. The number of ether oxygens (including phenoxy) is 1. The number of halogens is 1. The van der Waals surface area contributed by atoms with Gasteiger partial charge in [-0.15, -0.1) is 0 Å². The molecule has 5 heteroatoms. The van der Waals surface area contributed by atoms with Crippen LogP contribution in [0.5, 0.6) is 5.75 Å². The standard InChI is InChI=1S/C16H23FN2O2/c1-4-8-18-11(2)13-10-12(17)5-6-14(13)21-15-7-9-19(3)16(15)20/h5-6,10-11,15,18H,4,7-9H2,1-3H3. The Morgan fingerprint density at radius 1 is 1.52 bits per heavy atom. The van der Waals surface area contributed by atoms with Crippen molar-refractivity contribution in [2.75, 3.05) is 20.1 Å². The maximum atomic E-state index is 13.5. The van der Waals surface area contributed by atoms with Crippen molar-refractivity contribution < 1.29 is 13.9 Å². The van der Waals surface area contributed by atoms with E-state index in [1.165, 1.54) is 12.1 Å². The lowest BCUT2D eigenvalue weighted by Crippen LogP contribution is -2.30. The van der Waals surface area contributed by atoms with Crippen LogP contribution < -0.4 is 10.1 Å². The second-order valence-electron chi connectivity index (χ2n) is 5.51. The fraction of sp³-hybridized carbons (Fsp3) is 0.562. The van der Waals surface area contributed by atoms with E-state index in [9.17, 15) is 9.18 Å². The van der Waals surface area contributed by atoms with Gasteiger partial charge in [-0.1, -0.05) is 6.92 Å². The Morgan fingerprint density at radius 2 is 2.29 bits per heavy atom. The van der Waals surface area contributed by atoms with E-state index in [-0.39, 0.29) is 17.8 Å². The van der Waals surface area contributed by atoms with E-state index < -0.39 is 6.10 Å². The molecule has 1 aliphatic heterocycles. The minimum Gasteiger partial charge on any atom is -0.480 e. The van der Waals surface area contributed by atoms with Crippen molar-refractivity contribution in [3.05, 3.63) is 29.6 Å². The molecule has 0 bridgehead atoms. The highest BCUT2D eigenvalue weighted by atomic mass is 19.1. The molecule has 0 radical (unpaired) electrons. The maximum Gasteiger partial charge on any atom is 0.263 e. The third-order valence-electron chi connectivity index (χ3n) is 3.79. The predicted molar refractivity (Wildman–Crippen MR) is 79.8 cm³/mol. The zero-order chi connectivity index (χ0) is 15.4. The van der Waals surface area contributed by atoms with Crippen LogP contribution in [-0.2, 0) is 4.79 Å². The minimum atomic E-state index is -0.461. The van der Waals surface area contributed by atoms with Crippen LogP contribution in [0.3, 0.4) is 0 Å². The highest BCUT2D eigenvalue weighted by Gasteiger charge is 2.31. The van der Waals surface area contributed by atoms with Gasteiger partial charge in [-0.3, -0.25) is 4.79 Å². The highest BCUT2D eigenvalue weighted by Crippen LogP contribution is 2.28. The fourth-order valence-electron chi connectivity index (χ4n) is 2.49. The summed E-state index contributed by atoms with van der Waals surface area (Å²) in [6, 6.07) is 4.44. The largest absolute Gasteiger partial charge is 0.480 e. The number of carbonyl (C=O) groups excluding carboxylic acids is 1. The smallest absolute Gasteiger partial charge is 0.263 e. The van der Waals surface area contributed by atoms with E-state index in [0.717, 1.165) is 18.5 Å². The number of amides is 1. The van der Waals surface area contributed by atoms with E-state index in [0.29, 0.717) is 18.7 Å². The SMILES string of the molecule is CCCNC(C)c1cc(F)ccc1OC1CCN(C)C1=O. The molecule has 1 N–H and O–H groups in total. The molecule has 1 aromatic rings. The second-order valence-corrected chi connectivity index (χ2v) is 5.51. The van der Waals surface area contributed by atoms with Crippen molar-refractivity contribution in [1.82, 2.24) is 10.2 Å². The van der Waals surface area contributed by atoms with Gasteiger partial charge in [0.25, 0.3) is 5.91 Å². The average molecular weight is 294 g/mol. The number of carbonyl (C=O) groups is 1. The lowest BCUT2D eigenvalue weighted by molar-refractivity contribution is -0.132. The van der Waals surface area contributed by atoms with E-state index in [1.807, 2.05) is 6.92 Å². The summed E-state index contributed by atoms with van der Waals surface area (Å²) in [4.78, 5) is 13.6. The van der Waals surface area contributed by atoms with Crippen molar-refractivity contribution in [3.8, 4) is 5.75 Å². The number of likely N-dealkylation sites (tertiary alicyclic amines) is 1. The highest BCUT2D eigenvalue weighted by molar-refractivity contribution is 5.83. The topological polar surface area (TPSA) is 41.6 Å². The van der Waals surface area contributed by atoms with Crippen LogP contribution in [0.2, 0.25) is 0 Å². The molecule has 1 aromatic carbocycles. The zero-order valence-electron chi connectivity index (χ0n) is 12.9. The number of benzene rings is 1. The van der Waals surface area contributed by atoms with Gasteiger partial charge in [0, 0.05) is 31.6 Å². The summed E-state index contributed by atoms with van der Waals surface area (Å²) < 4.78 is 19.4. The van der Waals surface area contributed by atoms with Gasteiger partial charge >= 0.3 is 0 Å². The van der Waals surface area contributed by atoms with Crippen molar-refractivity contribution in [2.45, 2.75) is 38.8 Å². The van der Waals surface area contributed by atoms with E-state index in [1.54, 1.807) is 18.0 Å². The molecule has 1 amide bonds. The molecule has 1 aliphatic rings. The summed E-state index contributed by atoms with van der Waals surface area (Å²) >= 11 is 0. The Hall–Kier alpha value is -1.62. The number of likely N-dealkylation sites (N-methyl/N-ethyl adjacent to an activating group) is 1. The van der Waals surface area contributed by atoms with E-state index >= 15 is 0 Å². The first-order valence-corrected chi connectivity index (χ1v) is 7.47. The maximum absolute atomic E-state index is 13.5. The molecule has 2 unspecified atom stereocenters. The van der Waals surface area contributed by atoms with Gasteiger partial charge < -0.3 is 15.0 Å². The summed E-state index contributed by atoms with van der Waals surface area (Å²) in [6.07, 6.45) is 1.21. The van der Waals surface area contributed by atoms with Crippen LogP contribution in [0.25, 0.3) is 0 Å². The van der Waals surface area contributed by atoms with Crippen LogP contribution in [0.4, 0.5) is 4.39 Å². The fourth-order valence-corrected chi connectivity index (χ4v) is 2.49.